The first-order chi connectivity index (χ1) is 8.02. The number of ether oxygens (including phenoxy) is 1. The van der Waals surface area contributed by atoms with Gasteiger partial charge in [-0.3, -0.25) is 0 Å². The van der Waals surface area contributed by atoms with Gasteiger partial charge in [0.05, 0.1) is 5.02 Å². The Bertz CT molecular complexity index is 376. The maximum atomic E-state index is 6.16. The van der Waals surface area contributed by atoms with Crippen LogP contribution in [0, 0.1) is 0 Å². The average Bonchev–Trinajstić information content (AvgIpc) is 2.29. The van der Waals surface area contributed by atoms with Crippen LogP contribution in [0.15, 0.2) is 30.9 Å². The lowest BCUT2D eigenvalue weighted by Gasteiger charge is -2.13. The molecule has 3 heteroatoms. The average molecular weight is 254 g/mol. The van der Waals surface area contributed by atoms with E-state index in [1.807, 2.05) is 25.1 Å². The van der Waals surface area contributed by atoms with Gasteiger partial charge in [0.1, 0.15) is 11.9 Å². The van der Waals surface area contributed by atoms with Crippen molar-refractivity contribution >= 4 is 11.6 Å². The third kappa shape index (κ3) is 4.80. The second kappa shape index (κ2) is 6.67. The molecule has 0 spiro atoms. The van der Waals surface area contributed by atoms with E-state index in [4.69, 9.17) is 16.3 Å². The summed E-state index contributed by atoms with van der Waals surface area (Å²) < 4.78 is 5.60. The van der Waals surface area contributed by atoms with E-state index in [9.17, 15) is 0 Å². The molecule has 17 heavy (non-hydrogen) atoms. The van der Waals surface area contributed by atoms with E-state index in [0.29, 0.717) is 16.8 Å². The lowest BCUT2D eigenvalue weighted by molar-refractivity contribution is 0.270. The smallest absolute Gasteiger partial charge is 0.138 e. The Balaban J connectivity index is 2.68. The molecule has 1 N–H and O–H groups in total. The van der Waals surface area contributed by atoms with Gasteiger partial charge in [-0.1, -0.05) is 44.2 Å². The van der Waals surface area contributed by atoms with Crippen LogP contribution in [-0.4, -0.2) is 12.1 Å². The standard InChI is InChI=1S/C14H20ClNO/c1-5-11(4)17-14-7-6-12(8-13(14)15)9-16-10(2)3/h5-8,10-11,16H,1,9H2,2-4H3. The SMILES string of the molecule is C=CC(C)Oc1ccc(CNC(C)C)cc1Cl. The van der Waals surface area contributed by atoms with Crippen LogP contribution in [-0.2, 0) is 6.54 Å². The van der Waals surface area contributed by atoms with Crippen molar-refractivity contribution in [2.45, 2.75) is 39.5 Å². The molecule has 0 radical (unpaired) electrons. The minimum atomic E-state index is -0.0351. The highest BCUT2D eigenvalue weighted by Crippen LogP contribution is 2.26. The van der Waals surface area contributed by atoms with Crippen molar-refractivity contribution in [3.63, 3.8) is 0 Å². The number of hydrogen-bond acceptors (Lipinski definition) is 2. The van der Waals surface area contributed by atoms with Gasteiger partial charge in [0.25, 0.3) is 0 Å². The summed E-state index contributed by atoms with van der Waals surface area (Å²) in [6, 6.07) is 6.32. The molecule has 0 aliphatic carbocycles. The van der Waals surface area contributed by atoms with Crippen LogP contribution in [0.5, 0.6) is 5.75 Å². The second-order valence-electron chi connectivity index (χ2n) is 4.36. The van der Waals surface area contributed by atoms with Crippen molar-refractivity contribution in [2.24, 2.45) is 0 Å². The molecule has 0 heterocycles. The molecular formula is C14H20ClNO. The summed E-state index contributed by atoms with van der Waals surface area (Å²) in [6.45, 7) is 10.6. The number of halogens is 1. The zero-order valence-electron chi connectivity index (χ0n) is 10.7. The van der Waals surface area contributed by atoms with E-state index in [1.165, 1.54) is 0 Å². The summed E-state index contributed by atoms with van der Waals surface area (Å²) >= 11 is 6.16. The topological polar surface area (TPSA) is 21.3 Å². The minimum Gasteiger partial charge on any atom is -0.485 e. The molecule has 0 aromatic heterocycles. The van der Waals surface area contributed by atoms with Gasteiger partial charge in [0.15, 0.2) is 0 Å². The molecule has 2 nitrogen and oxygen atoms in total. The van der Waals surface area contributed by atoms with E-state index in [1.54, 1.807) is 6.08 Å². The van der Waals surface area contributed by atoms with Gasteiger partial charge in [-0.05, 0) is 24.6 Å². The molecule has 0 bridgehead atoms. The molecule has 0 saturated carbocycles. The predicted octanol–water partition coefficient (Wildman–Crippen LogP) is 3.79. The number of nitrogens with one attached hydrogen (secondary N) is 1. The second-order valence-corrected chi connectivity index (χ2v) is 4.77. The molecule has 1 atom stereocenters. The summed E-state index contributed by atoms with van der Waals surface area (Å²) in [7, 11) is 0. The van der Waals surface area contributed by atoms with Crippen molar-refractivity contribution in [2.75, 3.05) is 0 Å². The fraction of sp³-hybridized carbons (Fsp3) is 0.429. The Labute approximate surface area is 109 Å². The van der Waals surface area contributed by atoms with Crippen molar-refractivity contribution in [1.29, 1.82) is 0 Å². The summed E-state index contributed by atoms with van der Waals surface area (Å²) in [4.78, 5) is 0. The van der Waals surface area contributed by atoms with E-state index in [2.05, 4.69) is 25.7 Å². The molecule has 0 aliphatic heterocycles. The maximum absolute atomic E-state index is 6.16. The van der Waals surface area contributed by atoms with Gasteiger partial charge < -0.3 is 10.1 Å². The molecule has 0 fully saturated rings. The van der Waals surface area contributed by atoms with E-state index < -0.39 is 0 Å². The summed E-state index contributed by atoms with van der Waals surface area (Å²) in [6.07, 6.45) is 1.71. The zero-order chi connectivity index (χ0) is 12.8. The molecule has 1 unspecified atom stereocenters. The highest BCUT2D eigenvalue weighted by molar-refractivity contribution is 6.32. The van der Waals surface area contributed by atoms with Crippen LogP contribution in [0.1, 0.15) is 26.3 Å². The maximum Gasteiger partial charge on any atom is 0.138 e. The van der Waals surface area contributed by atoms with Crippen molar-refractivity contribution in [3.05, 3.63) is 41.4 Å². The summed E-state index contributed by atoms with van der Waals surface area (Å²) in [5.74, 6) is 0.701. The van der Waals surface area contributed by atoms with Gasteiger partial charge in [-0.2, -0.15) is 0 Å². The van der Waals surface area contributed by atoms with Gasteiger partial charge in [0, 0.05) is 12.6 Å². The van der Waals surface area contributed by atoms with E-state index >= 15 is 0 Å². The molecule has 0 amide bonds. The Hall–Kier alpha value is -0.990. The molecule has 1 rings (SSSR count). The fourth-order valence-corrected chi connectivity index (χ4v) is 1.57. The van der Waals surface area contributed by atoms with Crippen molar-refractivity contribution < 1.29 is 4.74 Å². The summed E-state index contributed by atoms with van der Waals surface area (Å²) in [5.41, 5.74) is 1.15. The Kier molecular flexibility index (Phi) is 5.52. The summed E-state index contributed by atoms with van der Waals surface area (Å²) in [5, 5.41) is 3.99. The Morgan fingerprint density at radius 3 is 2.65 bits per heavy atom. The largest absolute Gasteiger partial charge is 0.485 e. The predicted molar refractivity (Wildman–Crippen MR) is 73.7 cm³/mol. The fourth-order valence-electron chi connectivity index (χ4n) is 1.32. The van der Waals surface area contributed by atoms with Crippen LogP contribution in [0.25, 0.3) is 0 Å². The van der Waals surface area contributed by atoms with Crippen molar-refractivity contribution in [1.82, 2.24) is 5.32 Å². The number of benzene rings is 1. The molecule has 0 aliphatic rings. The van der Waals surface area contributed by atoms with Gasteiger partial charge in [-0.25, -0.2) is 0 Å². The van der Waals surface area contributed by atoms with Gasteiger partial charge in [0.2, 0.25) is 0 Å². The normalized spacial score (nSPS) is 12.5. The van der Waals surface area contributed by atoms with Crippen LogP contribution in [0.2, 0.25) is 5.02 Å². The van der Waals surface area contributed by atoms with Crippen LogP contribution >= 0.6 is 11.6 Å². The molecule has 1 aromatic carbocycles. The van der Waals surface area contributed by atoms with E-state index in [-0.39, 0.29) is 6.10 Å². The molecule has 0 saturated heterocycles. The molecular weight excluding hydrogens is 234 g/mol. The quantitative estimate of drug-likeness (QED) is 0.779. The van der Waals surface area contributed by atoms with Crippen LogP contribution in [0.3, 0.4) is 0 Å². The lowest BCUT2D eigenvalue weighted by Crippen LogP contribution is -2.21. The minimum absolute atomic E-state index is 0.0351. The van der Waals surface area contributed by atoms with Gasteiger partial charge in [-0.15, -0.1) is 0 Å². The first-order valence-corrected chi connectivity index (χ1v) is 6.21. The lowest BCUT2D eigenvalue weighted by atomic mass is 10.2. The van der Waals surface area contributed by atoms with Crippen LogP contribution < -0.4 is 10.1 Å². The van der Waals surface area contributed by atoms with Gasteiger partial charge >= 0.3 is 0 Å². The first-order valence-electron chi connectivity index (χ1n) is 5.84. The first kappa shape index (κ1) is 14.1. The highest BCUT2D eigenvalue weighted by atomic mass is 35.5. The number of hydrogen-bond donors (Lipinski definition) is 1. The highest BCUT2D eigenvalue weighted by Gasteiger charge is 2.06. The van der Waals surface area contributed by atoms with Crippen molar-refractivity contribution in [3.8, 4) is 5.75 Å². The molecule has 94 valence electrons. The Morgan fingerprint density at radius 1 is 1.41 bits per heavy atom. The third-order valence-electron chi connectivity index (χ3n) is 2.36. The number of rotatable bonds is 6. The van der Waals surface area contributed by atoms with E-state index in [0.717, 1.165) is 12.1 Å². The Morgan fingerprint density at radius 2 is 2.12 bits per heavy atom. The zero-order valence-corrected chi connectivity index (χ0v) is 11.4. The third-order valence-corrected chi connectivity index (χ3v) is 2.65. The molecule has 1 aromatic rings. The monoisotopic (exact) mass is 253 g/mol. The van der Waals surface area contributed by atoms with Crippen LogP contribution in [0.4, 0.5) is 0 Å².